The zero-order valence-electron chi connectivity index (χ0n) is 10.1. The molecule has 1 aromatic rings. The van der Waals surface area contributed by atoms with Gasteiger partial charge in [-0.2, -0.15) is 0 Å². The van der Waals surface area contributed by atoms with Gasteiger partial charge in [-0.05, 0) is 60.2 Å². The number of aliphatic hydroxyl groups is 1. The Labute approximate surface area is 111 Å². The van der Waals surface area contributed by atoms with Gasteiger partial charge in [0.25, 0.3) is 0 Å². The Balaban J connectivity index is 2.02. The van der Waals surface area contributed by atoms with Crippen molar-refractivity contribution in [2.45, 2.75) is 38.6 Å². The maximum atomic E-state index is 9.04. The number of nitrogens with zero attached hydrogens (tertiary/aromatic N) is 1. The van der Waals surface area contributed by atoms with E-state index in [4.69, 9.17) is 5.11 Å². The van der Waals surface area contributed by atoms with Crippen LogP contribution in [0.15, 0.2) is 16.6 Å². The molecule has 0 amide bonds. The van der Waals surface area contributed by atoms with Crippen LogP contribution in [0.1, 0.15) is 31.4 Å². The molecule has 0 aromatic carbocycles. The summed E-state index contributed by atoms with van der Waals surface area (Å²) in [6.07, 6.45) is 4.54. The van der Waals surface area contributed by atoms with E-state index in [9.17, 15) is 0 Å². The van der Waals surface area contributed by atoms with E-state index in [2.05, 4.69) is 26.2 Å². The second-order valence-corrected chi connectivity index (χ2v) is 5.57. The highest BCUT2D eigenvalue weighted by molar-refractivity contribution is 9.10. The Bertz CT molecular complexity index is 384. The van der Waals surface area contributed by atoms with Crippen molar-refractivity contribution in [3.8, 4) is 0 Å². The fourth-order valence-corrected chi connectivity index (χ4v) is 2.77. The van der Waals surface area contributed by atoms with Crippen LogP contribution in [0.2, 0.25) is 0 Å². The number of aromatic nitrogens is 1. The molecule has 94 valence electrons. The molecule has 2 atom stereocenters. The van der Waals surface area contributed by atoms with Crippen LogP contribution in [0.5, 0.6) is 0 Å². The van der Waals surface area contributed by atoms with Gasteiger partial charge in [-0.15, -0.1) is 0 Å². The number of aryl methyl sites for hydroxylation is 1. The number of hydrogen-bond acceptors (Lipinski definition) is 3. The molecule has 1 saturated carbocycles. The van der Waals surface area contributed by atoms with Crippen LogP contribution in [0.3, 0.4) is 0 Å². The zero-order chi connectivity index (χ0) is 12.3. The molecule has 3 nitrogen and oxygen atoms in total. The molecule has 0 bridgehead atoms. The van der Waals surface area contributed by atoms with Crippen LogP contribution in [0.4, 0.5) is 5.82 Å². The smallest absolute Gasteiger partial charge is 0.126 e. The van der Waals surface area contributed by atoms with Crippen molar-refractivity contribution >= 4 is 21.7 Å². The minimum atomic E-state index is 0.287. The third-order valence-electron chi connectivity index (χ3n) is 3.51. The Morgan fingerprint density at radius 2 is 2.29 bits per heavy atom. The highest BCUT2D eigenvalue weighted by atomic mass is 79.9. The van der Waals surface area contributed by atoms with E-state index < -0.39 is 0 Å². The van der Waals surface area contributed by atoms with Crippen molar-refractivity contribution in [2.75, 3.05) is 11.9 Å². The van der Waals surface area contributed by atoms with E-state index in [1.54, 1.807) is 0 Å². The standard InChI is InChI=1S/C13H19BrN2O/c1-9-11(14)5-6-13(15-9)16-12-4-2-3-10(12)7-8-17/h5-6,10,12,17H,2-4,7-8H2,1H3,(H,15,16). The first-order valence-corrected chi connectivity index (χ1v) is 7.00. The number of anilines is 1. The third-order valence-corrected chi connectivity index (χ3v) is 4.35. The number of aliphatic hydroxyl groups excluding tert-OH is 1. The Morgan fingerprint density at radius 1 is 1.47 bits per heavy atom. The molecule has 1 fully saturated rings. The first kappa shape index (κ1) is 12.8. The molecule has 2 N–H and O–H groups in total. The fraction of sp³-hybridized carbons (Fsp3) is 0.615. The van der Waals surface area contributed by atoms with Crippen molar-refractivity contribution in [3.63, 3.8) is 0 Å². The van der Waals surface area contributed by atoms with Gasteiger partial charge in [0.2, 0.25) is 0 Å². The molecule has 2 unspecified atom stereocenters. The van der Waals surface area contributed by atoms with Crippen LogP contribution < -0.4 is 5.32 Å². The van der Waals surface area contributed by atoms with Gasteiger partial charge in [0.15, 0.2) is 0 Å². The van der Waals surface area contributed by atoms with E-state index in [1.807, 2.05) is 19.1 Å². The number of hydrogen-bond donors (Lipinski definition) is 2. The summed E-state index contributed by atoms with van der Waals surface area (Å²) in [6, 6.07) is 4.50. The van der Waals surface area contributed by atoms with Gasteiger partial charge in [0.1, 0.15) is 5.82 Å². The molecule has 2 rings (SSSR count). The normalized spacial score (nSPS) is 23.9. The first-order chi connectivity index (χ1) is 8.20. The van der Waals surface area contributed by atoms with Gasteiger partial charge in [0, 0.05) is 17.1 Å². The fourth-order valence-electron chi connectivity index (χ4n) is 2.55. The van der Waals surface area contributed by atoms with E-state index >= 15 is 0 Å². The summed E-state index contributed by atoms with van der Waals surface area (Å²) in [4.78, 5) is 4.51. The molecular formula is C13H19BrN2O. The van der Waals surface area contributed by atoms with Gasteiger partial charge in [0.05, 0.1) is 5.69 Å². The van der Waals surface area contributed by atoms with Crippen LogP contribution in [0, 0.1) is 12.8 Å². The van der Waals surface area contributed by atoms with Gasteiger partial charge in [-0.1, -0.05) is 6.42 Å². The SMILES string of the molecule is Cc1nc(NC2CCCC2CCO)ccc1Br. The Morgan fingerprint density at radius 3 is 3.00 bits per heavy atom. The maximum absolute atomic E-state index is 9.04. The Hall–Kier alpha value is -0.610. The molecule has 0 radical (unpaired) electrons. The summed E-state index contributed by atoms with van der Waals surface area (Å²) in [7, 11) is 0. The lowest BCUT2D eigenvalue weighted by Crippen LogP contribution is -2.25. The minimum absolute atomic E-state index is 0.287. The second-order valence-electron chi connectivity index (χ2n) is 4.72. The summed E-state index contributed by atoms with van der Waals surface area (Å²) in [5, 5.41) is 12.5. The van der Waals surface area contributed by atoms with Gasteiger partial charge < -0.3 is 10.4 Å². The van der Waals surface area contributed by atoms with Gasteiger partial charge in [-0.25, -0.2) is 4.98 Å². The van der Waals surface area contributed by atoms with Crippen LogP contribution >= 0.6 is 15.9 Å². The molecule has 0 aliphatic heterocycles. The zero-order valence-corrected chi connectivity index (χ0v) is 11.7. The topological polar surface area (TPSA) is 45.2 Å². The predicted molar refractivity (Wildman–Crippen MR) is 73.1 cm³/mol. The molecule has 1 aliphatic rings. The lowest BCUT2D eigenvalue weighted by molar-refractivity contribution is 0.254. The summed E-state index contributed by atoms with van der Waals surface area (Å²) in [5.74, 6) is 1.53. The average molecular weight is 299 g/mol. The molecule has 1 aromatic heterocycles. The predicted octanol–water partition coefficient (Wildman–Crippen LogP) is 3.12. The first-order valence-electron chi connectivity index (χ1n) is 6.21. The molecule has 1 heterocycles. The van der Waals surface area contributed by atoms with E-state index in [0.717, 1.165) is 22.4 Å². The average Bonchev–Trinajstić information content (AvgIpc) is 2.72. The second kappa shape index (κ2) is 5.83. The molecule has 0 saturated heterocycles. The highest BCUT2D eigenvalue weighted by Crippen LogP contribution is 2.30. The van der Waals surface area contributed by atoms with Crippen LogP contribution in [-0.4, -0.2) is 22.7 Å². The summed E-state index contributed by atoms with van der Waals surface area (Å²) in [6.45, 7) is 2.28. The number of nitrogens with one attached hydrogen (secondary N) is 1. The number of halogens is 1. The van der Waals surface area contributed by atoms with Crippen molar-refractivity contribution in [1.82, 2.24) is 4.98 Å². The van der Waals surface area contributed by atoms with Gasteiger partial charge in [-0.3, -0.25) is 0 Å². The molecule has 17 heavy (non-hydrogen) atoms. The van der Waals surface area contributed by atoms with Crippen molar-refractivity contribution < 1.29 is 5.11 Å². The summed E-state index contributed by atoms with van der Waals surface area (Å²) >= 11 is 3.46. The lowest BCUT2D eigenvalue weighted by atomic mass is 10.00. The summed E-state index contributed by atoms with van der Waals surface area (Å²) in [5.41, 5.74) is 1.01. The quantitative estimate of drug-likeness (QED) is 0.898. The number of rotatable bonds is 4. The van der Waals surface area contributed by atoms with E-state index in [1.165, 1.54) is 19.3 Å². The van der Waals surface area contributed by atoms with Crippen LogP contribution in [-0.2, 0) is 0 Å². The third kappa shape index (κ3) is 3.19. The highest BCUT2D eigenvalue weighted by Gasteiger charge is 2.26. The van der Waals surface area contributed by atoms with Crippen molar-refractivity contribution in [3.05, 3.63) is 22.3 Å². The van der Waals surface area contributed by atoms with E-state index in [0.29, 0.717) is 12.0 Å². The Kier molecular flexibility index (Phi) is 4.40. The monoisotopic (exact) mass is 298 g/mol. The molecule has 0 spiro atoms. The van der Waals surface area contributed by atoms with E-state index in [-0.39, 0.29) is 6.61 Å². The number of pyridine rings is 1. The van der Waals surface area contributed by atoms with Crippen molar-refractivity contribution in [1.29, 1.82) is 0 Å². The maximum Gasteiger partial charge on any atom is 0.126 e. The molecule has 4 heteroatoms. The van der Waals surface area contributed by atoms with Gasteiger partial charge >= 0.3 is 0 Å². The van der Waals surface area contributed by atoms with Crippen LogP contribution in [0.25, 0.3) is 0 Å². The molecule has 1 aliphatic carbocycles. The van der Waals surface area contributed by atoms with Crippen molar-refractivity contribution in [2.24, 2.45) is 5.92 Å². The largest absolute Gasteiger partial charge is 0.396 e. The molecular weight excluding hydrogens is 280 g/mol. The lowest BCUT2D eigenvalue weighted by Gasteiger charge is -2.21. The summed E-state index contributed by atoms with van der Waals surface area (Å²) < 4.78 is 1.04. The minimum Gasteiger partial charge on any atom is -0.396 e.